The minimum Gasteiger partial charge on any atom is -0.460 e. The number of benzene rings is 3. The summed E-state index contributed by atoms with van der Waals surface area (Å²) in [5.41, 5.74) is 6.72. The minimum atomic E-state index is -1.65. The lowest BCUT2D eigenvalue weighted by atomic mass is 10.0. The van der Waals surface area contributed by atoms with Crippen LogP contribution in [0.25, 0.3) is 22.2 Å². The highest BCUT2D eigenvalue weighted by atomic mass is 16.6. The zero-order chi connectivity index (χ0) is 27.3. The molecular formula is C28H29N5O5. The Hall–Kier alpha value is -4.44. The molecule has 4 rings (SSSR count). The van der Waals surface area contributed by atoms with Crippen molar-refractivity contribution in [3.05, 3.63) is 78.4 Å². The van der Waals surface area contributed by atoms with E-state index >= 15 is 0 Å². The van der Waals surface area contributed by atoms with Crippen molar-refractivity contribution >= 4 is 28.5 Å². The Morgan fingerprint density at radius 1 is 0.947 bits per heavy atom. The molecule has 0 fully saturated rings. The van der Waals surface area contributed by atoms with E-state index in [1.165, 1.54) is 0 Å². The summed E-state index contributed by atoms with van der Waals surface area (Å²) in [6.45, 7) is 5.04. The monoisotopic (exact) mass is 515 g/mol. The van der Waals surface area contributed by atoms with Gasteiger partial charge in [-0.2, -0.15) is 0 Å². The summed E-state index contributed by atoms with van der Waals surface area (Å²) in [5.74, 6) is -2.16. The molecule has 0 saturated heterocycles. The van der Waals surface area contributed by atoms with Gasteiger partial charge in [0.05, 0.1) is 12.5 Å². The van der Waals surface area contributed by atoms with Crippen molar-refractivity contribution in [3.63, 3.8) is 0 Å². The third-order valence-electron chi connectivity index (χ3n) is 5.58. The van der Waals surface area contributed by atoms with Crippen LogP contribution >= 0.6 is 0 Å². The molecule has 0 aliphatic rings. The van der Waals surface area contributed by atoms with Gasteiger partial charge in [0.1, 0.15) is 12.2 Å². The number of ketones is 1. The molecule has 2 atom stereocenters. The van der Waals surface area contributed by atoms with Crippen LogP contribution in [0.2, 0.25) is 0 Å². The molecule has 0 saturated carbocycles. The number of carbonyl (C=O) groups excluding carboxylic acids is 3. The molecular weight excluding hydrogens is 486 g/mol. The summed E-state index contributed by atoms with van der Waals surface area (Å²) in [6.07, 6.45) is -0.427. The number of carbonyl (C=O) groups is 3. The van der Waals surface area contributed by atoms with E-state index in [-0.39, 0.29) is 12.4 Å². The Kier molecular flexibility index (Phi) is 7.92. The lowest BCUT2D eigenvalue weighted by molar-refractivity contribution is -0.158. The normalized spacial score (nSPS) is 13.1. The largest absolute Gasteiger partial charge is 0.460 e. The SMILES string of the molecule is CC(C)(C)OC(=O)CC(N)C(=O)C(C(=O)OCc1ccccc1)n1nnc(-c2cccc3ccccc23)n1. The number of ether oxygens (including phenoxy) is 2. The van der Waals surface area contributed by atoms with Gasteiger partial charge in [0, 0.05) is 5.56 Å². The van der Waals surface area contributed by atoms with Gasteiger partial charge in [-0.3, -0.25) is 9.59 Å². The number of nitrogens with zero attached hydrogens (tertiary/aromatic N) is 4. The summed E-state index contributed by atoms with van der Waals surface area (Å²) >= 11 is 0. The number of nitrogens with two attached hydrogens (primary N) is 1. The summed E-state index contributed by atoms with van der Waals surface area (Å²) < 4.78 is 10.7. The average Bonchev–Trinajstić information content (AvgIpc) is 3.36. The van der Waals surface area contributed by atoms with E-state index < -0.39 is 41.8 Å². The highest BCUT2D eigenvalue weighted by Gasteiger charge is 2.37. The van der Waals surface area contributed by atoms with Crippen molar-refractivity contribution in [3.8, 4) is 11.4 Å². The van der Waals surface area contributed by atoms with Gasteiger partial charge >= 0.3 is 11.9 Å². The molecule has 10 heteroatoms. The minimum absolute atomic E-state index is 0.0738. The molecule has 0 amide bonds. The lowest BCUT2D eigenvalue weighted by Gasteiger charge is -2.21. The summed E-state index contributed by atoms with van der Waals surface area (Å²) in [7, 11) is 0. The molecule has 0 radical (unpaired) electrons. The zero-order valence-corrected chi connectivity index (χ0v) is 21.4. The van der Waals surface area contributed by atoms with Crippen molar-refractivity contribution in [1.29, 1.82) is 0 Å². The van der Waals surface area contributed by atoms with Gasteiger partial charge in [-0.15, -0.1) is 15.0 Å². The third kappa shape index (κ3) is 6.46. The van der Waals surface area contributed by atoms with Crippen LogP contribution in [-0.4, -0.2) is 49.6 Å². The van der Waals surface area contributed by atoms with E-state index in [2.05, 4.69) is 15.4 Å². The molecule has 0 aliphatic carbocycles. The Labute approximate surface area is 219 Å². The zero-order valence-electron chi connectivity index (χ0n) is 21.4. The van der Waals surface area contributed by atoms with Crippen LogP contribution < -0.4 is 5.73 Å². The fraction of sp³-hybridized carbons (Fsp3) is 0.286. The number of Topliss-reactive ketones (excluding diaryl/α,β-unsaturated/α-hetero) is 1. The molecule has 2 N–H and O–H groups in total. The van der Waals surface area contributed by atoms with Gasteiger partial charge in [0.25, 0.3) is 0 Å². The second-order valence-corrected chi connectivity index (χ2v) is 9.76. The van der Waals surface area contributed by atoms with Crippen molar-refractivity contribution < 1.29 is 23.9 Å². The van der Waals surface area contributed by atoms with Crippen LogP contribution in [0.15, 0.2) is 72.8 Å². The van der Waals surface area contributed by atoms with Crippen LogP contribution in [0.5, 0.6) is 0 Å². The van der Waals surface area contributed by atoms with E-state index in [4.69, 9.17) is 15.2 Å². The molecule has 38 heavy (non-hydrogen) atoms. The molecule has 0 bridgehead atoms. The van der Waals surface area contributed by atoms with E-state index in [1.807, 2.05) is 48.5 Å². The maximum absolute atomic E-state index is 13.4. The number of esters is 2. The maximum Gasteiger partial charge on any atom is 0.341 e. The summed E-state index contributed by atoms with van der Waals surface area (Å²) in [4.78, 5) is 39.8. The summed E-state index contributed by atoms with van der Waals surface area (Å²) in [5, 5.41) is 14.3. The van der Waals surface area contributed by atoms with Gasteiger partial charge < -0.3 is 15.2 Å². The van der Waals surface area contributed by atoms with Crippen LogP contribution in [0.1, 0.15) is 38.8 Å². The smallest absolute Gasteiger partial charge is 0.341 e. The number of tetrazole rings is 1. The number of hydrogen-bond acceptors (Lipinski definition) is 9. The highest BCUT2D eigenvalue weighted by Crippen LogP contribution is 2.26. The Balaban J connectivity index is 1.62. The standard InChI is InChI=1S/C28H29N5O5/c1-28(2,3)38-23(34)16-22(29)25(35)24(27(36)37-17-18-10-5-4-6-11-18)33-31-26(30-32-33)21-15-9-13-19-12-7-8-14-20(19)21/h4-15,22,24H,16-17,29H2,1-3H3. The molecule has 2 unspecified atom stereocenters. The Morgan fingerprint density at radius 3 is 2.37 bits per heavy atom. The quantitative estimate of drug-likeness (QED) is 0.262. The number of fused-ring (bicyclic) bond motifs is 1. The topological polar surface area (TPSA) is 139 Å². The van der Waals surface area contributed by atoms with Crippen LogP contribution in [0.3, 0.4) is 0 Å². The fourth-order valence-corrected chi connectivity index (χ4v) is 3.86. The molecule has 1 heterocycles. The van der Waals surface area contributed by atoms with E-state index in [0.717, 1.165) is 21.1 Å². The lowest BCUT2D eigenvalue weighted by Crippen LogP contribution is -2.43. The first-order valence-corrected chi connectivity index (χ1v) is 12.1. The van der Waals surface area contributed by atoms with E-state index in [0.29, 0.717) is 5.56 Å². The predicted molar refractivity (Wildman–Crippen MR) is 139 cm³/mol. The second-order valence-electron chi connectivity index (χ2n) is 9.76. The Bertz CT molecular complexity index is 1440. The van der Waals surface area contributed by atoms with Crippen molar-refractivity contribution in [2.45, 2.75) is 51.5 Å². The third-order valence-corrected chi connectivity index (χ3v) is 5.58. The average molecular weight is 516 g/mol. The van der Waals surface area contributed by atoms with E-state index in [9.17, 15) is 14.4 Å². The number of hydrogen-bond donors (Lipinski definition) is 1. The molecule has 0 aliphatic heterocycles. The van der Waals surface area contributed by atoms with Crippen molar-refractivity contribution in [2.75, 3.05) is 0 Å². The molecule has 1 aromatic heterocycles. The first-order valence-electron chi connectivity index (χ1n) is 12.1. The second kappa shape index (κ2) is 11.3. The highest BCUT2D eigenvalue weighted by molar-refractivity contribution is 6.04. The van der Waals surface area contributed by atoms with Crippen molar-refractivity contribution in [2.24, 2.45) is 5.73 Å². The summed E-state index contributed by atoms with van der Waals surface area (Å²) in [6, 6.07) is 19.3. The van der Waals surface area contributed by atoms with E-state index in [1.54, 1.807) is 45.0 Å². The number of rotatable bonds is 9. The predicted octanol–water partition coefficient (Wildman–Crippen LogP) is 3.41. The molecule has 10 nitrogen and oxygen atoms in total. The maximum atomic E-state index is 13.4. The molecule has 4 aromatic rings. The van der Waals surface area contributed by atoms with Gasteiger partial charge in [0.15, 0.2) is 5.78 Å². The van der Waals surface area contributed by atoms with Gasteiger partial charge in [0.2, 0.25) is 11.9 Å². The first-order chi connectivity index (χ1) is 18.1. The van der Waals surface area contributed by atoms with Gasteiger partial charge in [-0.25, -0.2) is 4.79 Å². The first kappa shape index (κ1) is 26.6. The number of aromatic nitrogens is 4. The van der Waals surface area contributed by atoms with Crippen LogP contribution in [-0.2, 0) is 30.5 Å². The molecule has 3 aromatic carbocycles. The molecule has 0 spiro atoms. The Morgan fingerprint density at radius 2 is 1.63 bits per heavy atom. The van der Waals surface area contributed by atoms with Gasteiger partial charge in [-0.05, 0) is 42.3 Å². The van der Waals surface area contributed by atoms with Crippen molar-refractivity contribution in [1.82, 2.24) is 20.2 Å². The molecule has 196 valence electrons. The fourth-order valence-electron chi connectivity index (χ4n) is 3.86. The van der Waals surface area contributed by atoms with Crippen LogP contribution in [0.4, 0.5) is 0 Å². The van der Waals surface area contributed by atoms with Crippen LogP contribution in [0, 0.1) is 0 Å². The van der Waals surface area contributed by atoms with Gasteiger partial charge in [-0.1, -0.05) is 72.8 Å².